The molecule has 1 aliphatic rings. The minimum absolute atomic E-state index is 0.0903. The van der Waals surface area contributed by atoms with Crippen molar-refractivity contribution in [2.75, 3.05) is 0 Å². The molecule has 1 aromatic carbocycles. The molecule has 0 saturated carbocycles. The fourth-order valence-corrected chi connectivity index (χ4v) is 1.10. The summed E-state index contributed by atoms with van der Waals surface area (Å²) in [5.74, 6) is 0.452. The van der Waals surface area contributed by atoms with Gasteiger partial charge in [-0.3, -0.25) is 4.79 Å². The van der Waals surface area contributed by atoms with Crippen LogP contribution in [0.25, 0.3) is 0 Å². The molecule has 0 atom stereocenters. The summed E-state index contributed by atoms with van der Waals surface area (Å²) in [6.45, 7) is 0. The quantitative estimate of drug-likeness (QED) is 0.600. The predicted molar refractivity (Wildman–Crippen MR) is 49.0 cm³/mol. The van der Waals surface area contributed by atoms with Crippen molar-refractivity contribution in [2.45, 2.75) is 0 Å². The van der Waals surface area contributed by atoms with Crippen LogP contribution in [0.3, 0.4) is 0 Å². The van der Waals surface area contributed by atoms with E-state index in [-0.39, 0.29) is 5.78 Å². The zero-order valence-electron chi connectivity index (χ0n) is 6.81. The van der Waals surface area contributed by atoms with Gasteiger partial charge in [-0.05, 0) is 12.1 Å². The normalized spacial score (nSPS) is 14.3. The summed E-state index contributed by atoms with van der Waals surface area (Å²) in [5.41, 5.74) is 0.560. The standard InChI is InChI=1S/C10H7NO2/c12-9-5-6-11-7-13-10-4-2-1-3-8(9)10/h1-7H. The Hall–Kier alpha value is -1.90. The monoisotopic (exact) mass is 173 g/mol. The molecule has 3 nitrogen and oxygen atoms in total. The maximum absolute atomic E-state index is 11.4. The maximum atomic E-state index is 11.4. The molecule has 0 fully saturated rings. The van der Waals surface area contributed by atoms with E-state index in [1.807, 2.05) is 6.07 Å². The molecule has 0 aliphatic carbocycles. The second kappa shape index (κ2) is 3.23. The molecule has 1 aliphatic heterocycles. The number of aliphatic imine (C=N–C) groups is 1. The molecule has 0 radical (unpaired) electrons. The van der Waals surface area contributed by atoms with Crippen molar-refractivity contribution in [3.8, 4) is 5.75 Å². The molecular formula is C10H7NO2. The lowest BCUT2D eigenvalue weighted by molar-refractivity contribution is 0.104. The van der Waals surface area contributed by atoms with Gasteiger partial charge < -0.3 is 4.74 Å². The summed E-state index contributed by atoms with van der Waals surface area (Å²) in [6.07, 6.45) is 4.14. The molecule has 0 aromatic heterocycles. The number of ketones is 1. The number of allylic oxidation sites excluding steroid dienone is 1. The van der Waals surface area contributed by atoms with Crippen LogP contribution < -0.4 is 4.74 Å². The first-order valence-corrected chi connectivity index (χ1v) is 3.86. The Morgan fingerprint density at radius 1 is 1.23 bits per heavy atom. The third kappa shape index (κ3) is 1.49. The fourth-order valence-electron chi connectivity index (χ4n) is 1.10. The van der Waals surface area contributed by atoms with E-state index in [9.17, 15) is 4.79 Å². The van der Waals surface area contributed by atoms with Gasteiger partial charge >= 0.3 is 0 Å². The second-order valence-electron chi connectivity index (χ2n) is 2.55. The summed E-state index contributed by atoms with van der Waals surface area (Å²) >= 11 is 0. The van der Waals surface area contributed by atoms with Crippen molar-refractivity contribution < 1.29 is 9.53 Å². The van der Waals surface area contributed by atoms with Crippen LogP contribution >= 0.6 is 0 Å². The largest absolute Gasteiger partial charge is 0.445 e. The van der Waals surface area contributed by atoms with Gasteiger partial charge in [-0.1, -0.05) is 12.1 Å². The number of hydrogen-bond acceptors (Lipinski definition) is 3. The highest BCUT2D eigenvalue weighted by atomic mass is 16.5. The Labute approximate surface area is 75.4 Å². The molecule has 3 heteroatoms. The molecule has 0 unspecified atom stereocenters. The van der Waals surface area contributed by atoms with Gasteiger partial charge in [0.05, 0.1) is 5.56 Å². The zero-order chi connectivity index (χ0) is 9.10. The summed E-state index contributed by atoms with van der Waals surface area (Å²) in [4.78, 5) is 15.1. The number of carbonyl (C=O) groups is 1. The van der Waals surface area contributed by atoms with Crippen molar-refractivity contribution in [2.24, 2.45) is 4.99 Å². The number of carbonyl (C=O) groups excluding carboxylic acids is 1. The third-order valence-electron chi connectivity index (χ3n) is 1.71. The third-order valence-corrected chi connectivity index (χ3v) is 1.71. The molecule has 0 N–H and O–H groups in total. The molecule has 64 valence electrons. The smallest absolute Gasteiger partial charge is 0.191 e. The minimum Gasteiger partial charge on any atom is -0.445 e. The van der Waals surface area contributed by atoms with Gasteiger partial charge in [0.2, 0.25) is 0 Å². The molecule has 0 bridgehead atoms. The first-order valence-electron chi connectivity index (χ1n) is 3.86. The Kier molecular flexibility index (Phi) is 1.92. The van der Waals surface area contributed by atoms with Crippen molar-refractivity contribution >= 4 is 12.2 Å². The highest BCUT2D eigenvalue weighted by Gasteiger charge is 2.09. The minimum atomic E-state index is -0.0903. The molecule has 1 heterocycles. The van der Waals surface area contributed by atoms with Gasteiger partial charge in [0, 0.05) is 12.3 Å². The molecule has 2 rings (SSSR count). The molecule has 13 heavy (non-hydrogen) atoms. The van der Waals surface area contributed by atoms with Gasteiger partial charge in [0.1, 0.15) is 5.75 Å². The fraction of sp³-hybridized carbons (Fsp3) is 0. The zero-order valence-corrected chi connectivity index (χ0v) is 6.81. The van der Waals surface area contributed by atoms with E-state index < -0.39 is 0 Å². The van der Waals surface area contributed by atoms with Gasteiger partial charge in [0.25, 0.3) is 0 Å². The van der Waals surface area contributed by atoms with Gasteiger partial charge in [0.15, 0.2) is 12.2 Å². The number of rotatable bonds is 0. The summed E-state index contributed by atoms with van der Waals surface area (Å²) in [7, 11) is 0. The number of nitrogens with zero attached hydrogens (tertiary/aromatic N) is 1. The van der Waals surface area contributed by atoms with Crippen LogP contribution in [0.2, 0.25) is 0 Å². The Balaban J connectivity index is 2.54. The highest BCUT2D eigenvalue weighted by molar-refractivity contribution is 6.06. The average Bonchev–Trinajstić information content (AvgIpc) is 2.14. The van der Waals surface area contributed by atoms with Crippen LogP contribution in [-0.4, -0.2) is 12.2 Å². The first kappa shape index (κ1) is 7.73. The van der Waals surface area contributed by atoms with E-state index >= 15 is 0 Å². The Bertz CT molecular complexity index is 394. The topological polar surface area (TPSA) is 38.7 Å². The van der Waals surface area contributed by atoms with Crippen LogP contribution in [0, 0.1) is 0 Å². The average molecular weight is 173 g/mol. The molecule has 0 saturated heterocycles. The number of ether oxygens (including phenoxy) is 1. The van der Waals surface area contributed by atoms with Gasteiger partial charge in [-0.15, -0.1) is 0 Å². The van der Waals surface area contributed by atoms with Gasteiger partial charge in [-0.25, -0.2) is 4.99 Å². The van der Waals surface area contributed by atoms with Crippen LogP contribution in [-0.2, 0) is 0 Å². The van der Waals surface area contributed by atoms with E-state index in [1.54, 1.807) is 18.2 Å². The van der Waals surface area contributed by atoms with Crippen molar-refractivity contribution in [3.63, 3.8) is 0 Å². The number of fused-ring (bicyclic) bond motifs is 1. The second-order valence-corrected chi connectivity index (χ2v) is 2.55. The van der Waals surface area contributed by atoms with Crippen LogP contribution in [0.1, 0.15) is 10.4 Å². The SMILES string of the molecule is O=C1C=CN=COc2ccccc21. The van der Waals surface area contributed by atoms with E-state index in [4.69, 9.17) is 4.74 Å². The Morgan fingerprint density at radius 2 is 2.08 bits per heavy atom. The van der Waals surface area contributed by atoms with Gasteiger partial charge in [-0.2, -0.15) is 0 Å². The van der Waals surface area contributed by atoms with E-state index in [0.29, 0.717) is 11.3 Å². The van der Waals surface area contributed by atoms with E-state index in [0.717, 1.165) is 0 Å². The molecule has 0 amide bonds. The van der Waals surface area contributed by atoms with E-state index in [2.05, 4.69) is 4.99 Å². The maximum Gasteiger partial charge on any atom is 0.191 e. The first-order chi connectivity index (χ1) is 6.38. The van der Waals surface area contributed by atoms with E-state index in [1.165, 1.54) is 18.7 Å². The van der Waals surface area contributed by atoms with Crippen LogP contribution in [0.4, 0.5) is 0 Å². The molecular weight excluding hydrogens is 166 g/mol. The van der Waals surface area contributed by atoms with Crippen molar-refractivity contribution in [1.29, 1.82) is 0 Å². The number of hydrogen-bond donors (Lipinski definition) is 0. The Morgan fingerprint density at radius 3 is 3.00 bits per heavy atom. The predicted octanol–water partition coefficient (Wildman–Crippen LogP) is 1.80. The summed E-state index contributed by atoms with van der Waals surface area (Å²) < 4.78 is 5.14. The summed E-state index contributed by atoms with van der Waals surface area (Å²) in [5, 5.41) is 0. The van der Waals surface area contributed by atoms with Crippen LogP contribution in [0.15, 0.2) is 41.5 Å². The lowest BCUT2D eigenvalue weighted by Gasteiger charge is -2.05. The summed E-state index contributed by atoms with van der Waals surface area (Å²) in [6, 6.07) is 7.07. The highest BCUT2D eigenvalue weighted by Crippen LogP contribution is 2.19. The number of benzene rings is 1. The molecule has 0 spiro atoms. The lowest BCUT2D eigenvalue weighted by Crippen LogP contribution is -2.02. The lowest BCUT2D eigenvalue weighted by atomic mass is 10.1. The number of para-hydroxylation sites is 1. The van der Waals surface area contributed by atoms with Crippen molar-refractivity contribution in [1.82, 2.24) is 0 Å². The van der Waals surface area contributed by atoms with Crippen LogP contribution in [0.5, 0.6) is 5.75 Å². The van der Waals surface area contributed by atoms with Crippen molar-refractivity contribution in [3.05, 3.63) is 42.1 Å². The molecule has 1 aromatic rings.